The van der Waals surface area contributed by atoms with Crippen molar-refractivity contribution in [1.29, 1.82) is 0 Å². The monoisotopic (exact) mass is 473 g/mol. The summed E-state index contributed by atoms with van der Waals surface area (Å²) < 4.78 is 16.5. The van der Waals surface area contributed by atoms with Crippen LogP contribution in [0.4, 0.5) is 5.69 Å². The van der Waals surface area contributed by atoms with E-state index in [1.165, 1.54) is 19.1 Å². The predicted molar refractivity (Wildman–Crippen MR) is 133 cm³/mol. The number of nitrogens with zero attached hydrogens (tertiary/aromatic N) is 1. The molecule has 0 spiro atoms. The molecule has 1 N–H and O–H groups in total. The first kappa shape index (κ1) is 23.9. The topological polar surface area (TPSA) is 85.3 Å². The standard InChI is InChI=1S/C28H27NO6/c1-5-35-19-12-8-11-18(16-19)29-25(20-13-7-6-10-17(20)2)24(27(31)28(29)32)26(30)23-21(33-3)14-9-15-22(23)34-4/h6-16,25,30H,5H2,1-4H3/b26-24+. The summed E-state index contributed by atoms with van der Waals surface area (Å²) in [6.45, 7) is 4.22. The molecule has 3 aromatic carbocycles. The SMILES string of the molecule is CCOc1cccc(N2C(=O)C(=O)/C(=C(/O)c3c(OC)cccc3OC)C2c2ccccc2C)c1. The molecule has 180 valence electrons. The van der Waals surface area contributed by atoms with Crippen molar-refractivity contribution in [2.45, 2.75) is 19.9 Å². The fourth-order valence-corrected chi connectivity index (χ4v) is 4.40. The number of aryl methyl sites for hydroxylation is 1. The van der Waals surface area contributed by atoms with Crippen molar-refractivity contribution in [3.63, 3.8) is 0 Å². The van der Waals surface area contributed by atoms with Gasteiger partial charge in [-0.1, -0.05) is 36.4 Å². The van der Waals surface area contributed by atoms with Crippen LogP contribution in [0.5, 0.6) is 17.2 Å². The summed E-state index contributed by atoms with van der Waals surface area (Å²) in [5.41, 5.74) is 2.22. The number of hydrogen-bond acceptors (Lipinski definition) is 6. The van der Waals surface area contributed by atoms with Gasteiger partial charge in [-0.3, -0.25) is 14.5 Å². The number of Topliss-reactive ketones (excluding diaryl/α,β-unsaturated/α-hetero) is 1. The molecule has 1 aliphatic heterocycles. The minimum atomic E-state index is -0.873. The molecule has 35 heavy (non-hydrogen) atoms. The summed E-state index contributed by atoms with van der Waals surface area (Å²) >= 11 is 0. The summed E-state index contributed by atoms with van der Waals surface area (Å²) in [5, 5.41) is 11.6. The fraction of sp³-hybridized carbons (Fsp3) is 0.214. The molecule has 1 unspecified atom stereocenters. The first-order valence-electron chi connectivity index (χ1n) is 11.2. The maximum Gasteiger partial charge on any atom is 0.300 e. The summed E-state index contributed by atoms with van der Waals surface area (Å²) in [6.07, 6.45) is 0. The summed E-state index contributed by atoms with van der Waals surface area (Å²) in [7, 11) is 2.92. The Morgan fingerprint density at radius 2 is 1.60 bits per heavy atom. The van der Waals surface area contributed by atoms with Crippen LogP contribution >= 0.6 is 0 Å². The lowest BCUT2D eigenvalue weighted by molar-refractivity contribution is -0.132. The van der Waals surface area contributed by atoms with Crippen molar-refractivity contribution in [1.82, 2.24) is 0 Å². The molecule has 0 radical (unpaired) electrons. The van der Waals surface area contributed by atoms with Gasteiger partial charge in [-0.05, 0) is 49.2 Å². The Labute approximate surface area is 204 Å². The zero-order valence-corrected chi connectivity index (χ0v) is 20.1. The Hall–Kier alpha value is -4.26. The summed E-state index contributed by atoms with van der Waals surface area (Å²) in [6, 6.07) is 18.6. The van der Waals surface area contributed by atoms with Gasteiger partial charge in [0.15, 0.2) is 0 Å². The van der Waals surface area contributed by atoms with Crippen LogP contribution < -0.4 is 19.1 Å². The van der Waals surface area contributed by atoms with Crippen LogP contribution in [0.2, 0.25) is 0 Å². The lowest BCUT2D eigenvalue weighted by atomic mass is 9.92. The van der Waals surface area contributed by atoms with Crippen LogP contribution in [0.3, 0.4) is 0 Å². The number of amides is 1. The number of aliphatic hydroxyl groups is 1. The molecule has 4 rings (SSSR count). The first-order valence-corrected chi connectivity index (χ1v) is 11.2. The van der Waals surface area contributed by atoms with Gasteiger partial charge in [0.05, 0.1) is 32.4 Å². The second-order valence-electron chi connectivity index (χ2n) is 7.99. The number of ether oxygens (including phenoxy) is 3. The summed E-state index contributed by atoms with van der Waals surface area (Å²) in [4.78, 5) is 28.3. The second kappa shape index (κ2) is 9.93. The number of carbonyl (C=O) groups excluding carboxylic acids is 2. The zero-order valence-electron chi connectivity index (χ0n) is 20.1. The van der Waals surface area contributed by atoms with Gasteiger partial charge >= 0.3 is 0 Å². The molecule has 7 nitrogen and oxygen atoms in total. The van der Waals surface area contributed by atoms with E-state index in [1.807, 2.05) is 38.1 Å². The van der Waals surface area contributed by atoms with Crippen molar-refractivity contribution < 1.29 is 28.9 Å². The highest BCUT2D eigenvalue weighted by Gasteiger charge is 2.48. The maximum atomic E-state index is 13.5. The molecule has 0 bridgehead atoms. The minimum Gasteiger partial charge on any atom is -0.506 e. The van der Waals surface area contributed by atoms with Gasteiger partial charge < -0.3 is 19.3 Å². The van der Waals surface area contributed by atoms with Gasteiger partial charge in [0, 0.05) is 11.8 Å². The highest BCUT2D eigenvalue weighted by Crippen LogP contribution is 2.46. The molecule has 1 aliphatic rings. The molecule has 1 heterocycles. The van der Waals surface area contributed by atoms with Gasteiger partial charge in [0.25, 0.3) is 11.7 Å². The van der Waals surface area contributed by atoms with Crippen LogP contribution in [0, 0.1) is 6.92 Å². The van der Waals surface area contributed by atoms with Crippen molar-refractivity contribution >= 4 is 23.1 Å². The Bertz CT molecular complexity index is 1290. The number of methoxy groups -OCH3 is 2. The Kier molecular flexibility index (Phi) is 6.78. The van der Waals surface area contributed by atoms with Gasteiger partial charge in [-0.2, -0.15) is 0 Å². The average Bonchev–Trinajstić information content (AvgIpc) is 3.13. The largest absolute Gasteiger partial charge is 0.506 e. The lowest BCUT2D eigenvalue weighted by Crippen LogP contribution is -2.29. The number of aliphatic hydroxyl groups excluding tert-OH is 1. The van der Waals surface area contributed by atoms with Gasteiger partial charge in [0.1, 0.15) is 28.6 Å². The fourth-order valence-electron chi connectivity index (χ4n) is 4.40. The van der Waals surface area contributed by atoms with E-state index in [-0.39, 0.29) is 16.9 Å². The normalized spacial score (nSPS) is 16.9. The van der Waals surface area contributed by atoms with E-state index in [9.17, 15) is 14.7 Å². The Balaban J connectivity index is 2.01. The molecular formula is C28H27NO6. The molecule has 0 aromatic heterocycles. The molecule has 3 aromatic rings. The van der Waals surface area contributed by atoms with Crippen LogP contribution in [0.15, 0.2) is 72.3 Å². The van der Waals surface area contributed by atoms with E-state index in [1.54, 1.807) is 42.5 Å². The van der Waals surface area contributed by atoms with Gasteiger partial charge in [-0.15, -0.1) is 0 Å². The van der Waals surface area contributed by atoms with Crippen molar-refractivity contribution in [2.75, 3.05) is 25.7 Å². The quantitative estimate of drug-likeness (QED) is 0.294. The molecule has 1 saturated heterocycles. The average molecular weight is 474 g/mol. The molecule has 0 aliphatic carbocycles. The molecule has 1 atom stereocenters. The van der Waals surface area contributed by atoms with E-state index in [0.717, 1.165) is 5.56 Å². The van der Waals surface area contributed by atoms with E-state index < -0.39 is 17.7 Å². The molecule has 1 fully saturated rings. The van der Waals surface area contributed by atoms with E-state index in [4.69, 9.17) is 14.2 Å². The molecule has 1 amide bonds. The highest BCUT2D eigenvalue weighted by molar-refractivity contribution is 6.51. The molecule has 0 saturated carbocycles. The van der Waals surface area contributed by atoms with Crippen LogP contribution in [-0.2, 0) is 9.59 Å². The van der Waals surface area contributed by atoms with E-state index in [0.29, 0.717) is 35.1 Å². The second-order valence-corrected chi connectivity index (χ2v) is 7.99. The van der Waals surface area contributed by atoms with Gasteiger partial charge in [-0.25, -0.2) is 0 Å². The number of carbonyl (C=O) groups is 2. The number of rotatable bonds is 7. The summed E-state index contributed by atoms with van der Waals surface area (Å²) in [5.74, 6) is -0.714. The zero-order chi connectivity index (χ0) is 25.1. The van der Waals surface area contributed by atoms with Crippen molar-refractivity contribution in [2.24, 2.45) is 0 Å². The van der Waals surface area contributed by atoms with Crippen molar-refractivity contribution in [3.8, 4) is 17.2 Å². The number of hydrogen-bond donors (Lipinski definition) is 1. The lowest BCUT2D eigenvalue weighted by Gasteiger charge is -2.27. The van der Waals surface area contributed by atoms with E-state index >= 15 is 0 Å². The third kappa shape index (κ3) is 4.21. The van der Waals surface area contributed by atoms with Crippen LogP contribution in [0.1, 0.15) is 29.7 Å². The van der Waals surface area contributed by atoms with Crippen molar-refractivity contribution in [3.05, 3.63) is 89.0 Å². The van der Waals surface area contributed by atoms with Crippen LogP contribution in [0.25, 0.3) is 5.76 Å². The smallest absolute Gasteiger partial charge is 0.300 e. The number of anilines is 1. The highest BCUT2D eigenvalue weighted by atomic mass is 16.5. The first-order chi connectivity index (χ1) is 16.9. The molecular weight excluding hydrogens is 446 g/mol. The predicted octanol–water partition coefficient (Wildman–Crippen LogP) is 5.04. The Morgan fingerprint density at radius 1 is 0.943 bits per heavy atom. The third-order valence-electron chi connectivity index (χ3n) is 6.00. The molecule has 7 heteroatoms. The maximum absolute atomic E-state index is 13.5. The van der Waals surface area contributed by atoms with Gasteiger partial charge in [0.2, 0.25) is 0 Å². The minimum absolute atomic E-state index is 0.0473. The Morgan fingerprint density at radius 3 is 2.23 bits per heavy atom. The van der Waals surface area contributed by atoms with E-state index in [2.05, 4.69) is 0 Å². The number of ketones is 1. The van der Waals surface area contributed by atoms with Crippen LogP contribution in [-0.4, -0.2) is 37.6 Å². The third-order valence-corrected chi connectivity index (χ3v) is 6.00. The number of benzene rings is 3.